The standard InChI is InChI=1S/C17H32N6O/c1-6-18-17(21-10-9-19-16(24)13(2)3)20-8-7-11-23-15(5)12-14(4)22-23/h12-13H,6-11H2,1-5H3,(H,19,24)(H2,18,20,21). The third-order valence-electron chi connectivity index (χ3n) is 3.49. The Balaban J connectivity index is 2.31. The maximum Gasteiger partial charge on any atom is 0.222 e. The van der Waals surface area contributed by atoms with Crippen LogP contribution in [0.3, 0.4) is 0 Å². The van der Waals surface area contributed by atoms with E-state index in [1.807, 2.05) is 32.4 Å². The van der Waals surface area contributed by atoms with Crippen molar-refractivity contribution in [3.63, 3.8) is 0 Å². The molecule has 1 amide bonds. The van der Waals surface area contributed by atoms with Crippen molar-refractivity contribution in [2.75, 3.05) is 26.2 Å². The molecule has 0 unspecified atom stereocenters. The van der Waals surface area contributed by atoms with Gasteiger partial charge in [0.15, 0.2) is 5.96 Å². The van der Waals surface area contributed by atoms with E-state index in [9.17, 15) is 4.79 Å². The summed E-state index contributed by atoms with van der Waals surface area (Å²) in [6.07, 6.45) is 0.933. The first kappa shape index (κ1) is 20.0. The van der Waals surface area contributed by atoms with Gasteiger partial charge in [0.2, 0.25) is 5.91 Å². The third-order valence-corrected chi connectivity index (χ3v) is 3.49. The van der Waals surface area contributed by atoms with E-state index in [1.165, 1.54) is 5.69 Å². The Morgan fingerprint density at radius 3 is 2.54 bits per heavy atom. The van der Waals surface area contributed by atoms with Crippen LogP contribution in [0.15, 0.2) is 11.1 Å². The Morgan fingerprint density at radius 1 is 1.25 bits per heavy atom. The molecule has 1 heterocycles. The predicted molar refractivity (Wildman–Crippen MR) is 98.1 cm³/mol. The highest BCUT2D eigenvalue weighted by Gasteiger charge is 2.05. The van der Waals surface area contributed by atoms with E-state index in [0.29, 0.717) is 13.1 Å². The Labute approximate surface area is 145 Å². The van der Waals surface area contributed by atoms with Gasteiger partial charge in [0, 0.05) is 44.3 Å². The number of rotatable bonds is 9. The molecule has 1 aromatic rings. The molecule has 7 nitrogen and oxygen atoms in total. The lowest BCUT2D eigenvalue weighted by Gasteiger charge is -2.12. The normalized spacial score (nSPS) is 11.7. The second kappa shape index (κ2) is 10.7. The van der Waals surface area contributed by atoms with Crippen LogP contribution >= 0.6 is 0 Å². The topological polar surface area (TPSA) is 83.3 Å². The molecule has 0 aliphatic carbocycles. The van der Waals surface area contributed by atoms with Gasteiger partial charge in [-0.15, -0.1) is 0 Å². The zero-order chi connectivity index (χ0) is 17.9. The molecule has 0 spiro atoms. The number of nitrogens with zero attached hydrogens (tertiary/aromatic N) is 3. The maximum absolute atomic E-state index is 11.5. The summed E-state index contributed by atoms with van der Waals surface area (Å²) in [4.78, 5) is 16.1. The van der Waals surface area contributed by atoms with E-state index in [0.717, 1.165) is 37.7 Å². The Hall–Kier alpha value is -2.05. The van der Waals surface area contributed by atoms with E-state index in [2.05, 4.69) is 39.0 Å². The monoisotopic (exact) mass is 336 g/mol. The van der Waals surface area contributed by atoms with E-state index >= 15 is 0 Å². The van der Waals surface area contributed by atoms with Crippen LogP contribution in [0.4, 0.5) is 0 Å². The van der Waals surface area contributed by atoms with Crippen molar-refractivity contribution in [3.05, 3.63) is 17.5 Å². The van der Waals surface area contributed by atoms with Crippen molar-refractivity contribution in [1.82, 2.24) is 25.7 Å². The number of guanidine groups is 1. The van der Waals surface area contributed by atoms with Crippen molar-refractivity contribution in [3.8, 4) is 0 Å². The van der Waals surface area contributed by atoms with Crippen molar-refractivity contribution in [2.45, 2.75) is 47.6 Å². The van der Waals surface area contributed by atoms with Gasteiger partial charge in [0.1, 0.15) is 0 Å². The van der Waals surface area contributed by atoms with Gasteiger partial charge in [0.25, 0.3) is 0 Å². The van der Waals surface area contributed by atoms with Gasteiger partial charge in [-0.3, -0.25) is 14.5 Å². The van der Waals surface area contributed by atoms with Crippen LogP contribution in [0.5, 0.6) is 0 Å². The Morgan fingerprint density at radius 2 is 1.96 bits per heavy atom. The summed E-state index contributed by atoms with van der Waals surface area (Å²) in [5, 5.41) is 13.8. The molecule has 0 aliphatic heterocycles. The highest BCUT2D eigenvalue weighted by molar-refractivity contribution is 5.80. The molecule has 3 N–H and O–H groups in total. The lowest BCUT2D eigenvalue weighted by atomic mass is 10.2. The van der Waals surface area contributed by atoms with Crippen LogP contribution in [-0.4, -0.2) is 47.8 Å². The average Bonchev–Trinajstić information content (AvgIpc) is 2.85. The smallest absolute Gasteiger partial charge is 0.222 e. The molecule has 0 radical (unpaired) electrons. The van der Waals surface area contributed by atoms with E-state index in [1.54, 1.807) is 0 Å². The van der Waals surface area contributed by atoms with Crippen LogP contribution in [0, 0.1) is 19.8 Å². The number of amides is 1. The second-order valence-electron chi connectivity index (χ2n) is 6.14. The Bertz CT molecular complexity index is 535. The summed E-state index contributed by atoms with van der Waals surface area (Å²) >= 11 is 0. The predicted octanol–water partition coefficient (Wildman–Crippen LogP) is 1.22. The van der Waals surface area contributed by atoms with Gasteiger partial charge < -0.3 is 16.0 Å². The number of aromatic nitrogens is 2. The van der Waals surface area contributed by atoms with Crippen LogP contribution < -0.4 is 16.0 Å². The SMILES string of the molecule is CCNC(=NCCCn1nc(C)cc1C)NCCNC(=O)C(C)C. The first-order valence-electron chi connectivity index (χ1n) is 8.75. The van der Waals surface area contributed by atoms with Crippen molar-refractivity contribution in [1.29, 1.82) is 0 Å². The lowest BCUT2D eigenvalue weighted by Crippen LogP contribution is -2.42. The highest BCUT2D eigenvalue weighted by Crippen LogP contribution is 2.02. The van der Waals surface area contributed by atoms with Gasteiger partial charge >= 0.3 is 0 Å². The molecule has 0 bridgehead atoms. The molecule has 1 rings (SSSR count). The van der Waals surface area contributed by atoms with E-state index in [-0.39, 0.29) is 11.8 Å². The molecule has 136 valence electrons. The van der Waals surface area contributed by atoms with Gasteiger partial charge in [-0.1, -0.05) is 13.8 Å². The number of aliphatic imine (C=N–C) groups is 1. The zero-order valence-corrected chi connectivity index (χ0v) is 15.6. The summed E-state index contributed by atoms with van der Waals surface area (Å²) in [5.74, 6) is 0.870. The zero-order valence-electron chi connectivity index (χ0n) is 15.6. The largest absolute Gasteiger partial charge is 0.357 e. The maximum atomic E-state index is 11.5. The molecule has 7 heteroatoms. The lowest BCUT2D eigenvalue weighted by molar-refractivity contribution is -0.123. The molecule has 0 aromatic carbocycles. The fourth-order valence-electron chi connectivity index (χ4n) is 2.23. The van der Waals surface area contributed by atoms with Gasteiger partial charge in [-0.2, -0.15) is 5.10 Å². The number of hydrogen-bond acceptors (Lipinski definition) is 3. The van der Waals surface area contributed by atoms with Crippen molar-refractivity contribution in [2.24, 2.45) is 10.9 Å². The summed E-state index contributed by atoms with van der Waals surface area (Å²) in [5.41, 5.74) is 2.23. The fourth-order valence-corrected chi connectivity index (χ4v) is 2.23. The van der Waals surface area contributed by atoms with Gasteiger partial charge in [-0.05, 0) is 33.3 Å². The number of aryl methyl sites for hydroxylation is 3. The summed E-state index contributed by atoms with van der Waals surface area (Å²) in [7, 11) is 0. The first-order valence-corrected chi connectivity index (χ1v) is 8.75. The van der Waals surface area contributed by atoms with Gasteiger partial charge in [-0.25, -0.2) is 0 Å². The average molecular weight is 336 g/mol. The molecule has 0 fully saturated rings. The summed E-state index contributed by atoms with van der Waals surface area (Å²) in [6.45, 7) is 13.5. The molecule has 0 saturated heterocycles. The van der Waals surface area contributed by atoms with E-state index < -0.39 is 0 Å². The molecule has 1 aromatic heterocycles. The number of carbonyl (C=O) groups is 1. The molecular formula is C17H32N6O. The molecule has 0 saturated carbocycles. The molecule has 0 aliphatic rings. The van der Waals surface area contributed by atoms with Crippen molar-refractivity contribution < 1.29 is 4.79 Å². The second-order valence-corrected chi connectivity index (χ2v) is 6.14. The quantitative estimate of drug-likeness (QED) is 0.360. The van der Waals surface area contributed by atoms with Crippen LogP contribution in [0.1, 0.15) is 38.6 Å². The minimum Gasteiger partial charge on any atom is -0.357 e. The number of hydrogen-bond donors (Lipinski definition) is 3. The van der Waals surface area contributed by atoms with Crippen LogP contribution in [-0.2, 0) is 11.3 Å². The minimum atomic E-state index is 0.0151. The number of carbonyl (C=O) groups excluding carboxylic acids is 1. The molecule has 0 atom stereocenters. The van der Waals surface area contributed by atoms with Crippen LogP contribution in [0.2, 0.25) is 0 Å². The Kier molecular flexibility index (Phi) is 8.89. The first-order chi connectivity index (χ1) is 11.4. The minimum absolute atomic E-state index is 0.0151. The fraction of sp³-hybridized carbons (Fsp3) is 0.706. The molecular weight excluding hydrogens is 304 g/mol. The highest BCUT2D eigenvalue weighted by atomic mass is 16.1. The van der Waals surface area contributed by atoms with Gasteiger partial charge in [0.05, 0.1) is 5.69 Å². The third kappa shape index (κ3) is 7.48. The van der Waals surface area contributed by atoms with Crippen LogP contribution in [0.25, 0.3) is 0 Å². The van der Waals surface area contributed by atoms with E-state index in [4.69, 9.17) is 0 Å². The summed E-state index contributed by atoms with van der Waals surface area (Å²) < 4.78 is 2.02. The molecule has 24 heavy (non-hydrogen) atoms. The number of nitrogens with one attached hydrogen (secondary N) is 3. The summed E-state index contributed by atoms with van der Waals surface area (Å²) in [6, 6.07) is 2.08. The van der Waals surface area contributed by atoms with Crippen molar-refractivity contribution >= 4 is 11.9 Å².